The molecule has 3 aromatic rings. The summed E-state index contributed by atoms with van der Waals surface area (Å²) in [6, 6.07) is 20.4. The number of rotatable bonds is 6. The second-order valence-corrected chi connectivity index (χ2v) is 8.71. The Morgan fingerprint density at radius 1 is 0.944 bits per heavy atom. The molecule has 0 spiro atoms. The summed E-state index contributed by atoms with van der Waals surface area (Å²) in [6.45, 7) is 1.31. The van der Waals surface area contributed by atoms with E-state index in [1.54, 1.807) is 29.2 Å². The first-order chi connectivity index (χ1) is 17.0. The molecule has 4 rings (SSSR count). The zero-order valence-corrected chi connectivity index (χ0v) is 20.9. The van der Waals surface area contributed by atoms with Crippen LogP contribution in [0.2, 0.25) is 0 Å². The number of hydrazine groups is 1. The Morgan fingerprint density at radius 3 is 2.28 bits per heavy atom. The van der Waals surface area contributed by atoms with Crippen molar-refractivity contribution in [3.8, 4) is 5.75 Å². The third-order valence-corrected chi connectivity index (χ3v) is 6.06. The normalized spacial score (nSPS) is 13.3. The number of fused-ring (bicyclic) bond motifs is 1. The van der Waals surface area contributed by atoms with Crippen LogP contribution in [0, 0.1) is 5.41 Å². The molecule has 4 N–H and O–H groups in total. The molecule has 3 aromatic carbocycles. The molecule has 0 atom stereocenters. The molecule has 0 radical (unpaired) electrons. The molecule has 0 aliphatic carbocycles. The first-order valence-electron chi connectivity index (χ1n) is 11.9. The number of amides is 3. The smallest absolute Gasteiger partial charge is 0.339 e. The minimum atomic E-state index is -0.415. The van der Waals surface area contributed by atoms with Gasteiger partial charge in [0.2, 0.25) is 0 Å². The van der Waals surface area contributed by atoms with Crippen LogP contribution in [0.15, 0.2) is 66.7 Å². The van der Waals surface area contributed by atoms with Crippen LogP contribution in [0.4, 0.5) is 4.79 Å². The molecule has 9 heteroatoms. The van der Waals surface area contributed by atoms with E-state index in [1.807, 2.05) is 42.5 Å². The van der Waals surface area contributed by atoms with Crippen LogP contribution >= 0.6 is 12.4 Å². The van der Waals surface area contributed by atoms with Crippen LogP contribution in [-0.2, 0) is 11.3 Å². The maximum absolute atomic E-state index is 13.3. The Balaban J connectivity index is 0.00000361. The largest absolute Gasteiger partial charge is 0.484 e. The van der Waals surface area contributed by atoms with Crippen molar-refractivity contribution in [2.24, 2.45) is 5.73 Å². The second kappa shape index (κ2) is 12.8. The monoisotopic (exact) mass is 509 g/mol. The van der Waals surface area contributed by atoms with E-state index in [0.29, 0.717) is 24.4 Å². The summed E-state index contributed by atoms with van der Waals surface area (Å²) < 4.78 is 5.71. The number of nitrogen functional groups attached to an aromatic ring is 1. The highest BCUT2D eigenvalue weighted by Crippen LogP contribution is 2.20. The number of ether oxygens (including phenoxy) is 1. The maximum atomic E-state index is 13.3. The number of nitrogens with one attached hydrogen (secondary N) is 2. The molecular weight excluding hydrogens is 478 g/mol. The average molecular weight is 510 g/mol. The molecule has 0 aromatic heterocycles. The van der Waals surface area contributed by atoms with Gasteiger partial charge in [0, 0.05) is 18.7 Å². The number of nitrogens with zero attached hydrogens (tertiary/aromatic N) is 2. The molecule has 1 saturated heterocycles. The standard InChI is InChI=1S/C27H31N5O3.ClH/c28-26(29)22-11-9-20(10-12-22)18-32(27(34)31-15-5-1-2-6-16-31)30-25(33)19-35-24-14-13-21-7-3-4-8-23(21)17-24;/h3-4,7-14,17H,1-2,5-6,15-16,18-19H2,(H3,28,29)(H,30,33);1H. The number of nitrogens with two attached hydrogens (primary N) is 1. The Morgan fingerprint density at radius 2 is 1.61 bits per heavy atom. The fourth-order valence-electron chi connectivity index (χ4n) is 4.15. The van der Waals surface area contributed by atoms with Gasteiger partial charge in [0.05, 0.1) is 6.54 Å². The van der Waals surface area contributed by atoms with E-state index in [2.05, 4.69) is 5.43 Å². The number of halogens is 1. The lowest BCUT2D eigenvalue weighted by atomic mass is 10.1. The van der Waals surface area contributed by atoms with Crippen molar-refractivity contribution in [2.45, 2.75) is 32.2 Å². The topological polar surface area (TPSA) is 112 Å². The molecule has 0 bridgehead atoms. The summed E-state index contributed by atoms with van der Waals surface area (Å²) in [6.07, 6.45) is 4.10. The number of urea groups is 1. The van der Waals surface area contributed by atoms with Crippen LogP contribution in [-0.4, -0.2) is 47.4 Å². The van der Waals surface area contributed by atoms with Gasteiger partial charge in [-0.15, -0.1) is 12.4 Å². The van der Waals surface area contributed by atoms with E-state index in [4.69, 9.17) is 15.9 Å². The zero-order valence-electron chi connectivity index (χ0n) is 20.1. The van der Waals surface area contributed by atoms with Crippen LogP contribution in [0.25, 0.3) is 10.8 Å². The molecule has 1 heterocycles. The van der Waals surface area contributed by atoms with Crippen molar-refractivity contribution >= 4 is 41.0 Å². The highest BCUT2D eigenvalue weighted by atomic mass is 35.5. The Labute approximate surface area is 217 Å². The average Bonchev–Trinajstić information content (AvgIpc) is 3.16. The number of hydrogen-bond donors (Lipinski definition) is 3. The quantitative estimate of drug-likeness (QED) is 0.259. The van der Waals surface area contributed by atoms with Gasteiger partial charge in [0.1, 0.15) is 11.6 Å². The van der Waals surface area contributed by atoms with Crippen LogP contribution in [0.1, 0.15) is 36.8 Å². The lowest BCUT2D eigenvalue weighted by Crippen LogP contribution is -2.52. The molecule has 1 aliphatic rings. The van der Waals surface area contributed by atoms with Crippen LogP contribution in [0.5, 0.6) is 5.75 Å². The minimum Gasteiger partial charge on any atom is -0.484 e. The van der Waals surface area contributed by atoms with Gasteiger partial charge >= 0.3 is 6.03 Å². The molecule has 36 heavy (non-hydrogen) atoms. The Hall–Kier alpha value is -3.78. The van der Waals surface area contributed by atoms with Crippen molar-refractivity contribution in [1.29, 1.82) is 5.41 Å². The summed E-state index contributed by atoms with van der Waals surface area (Å²) in [4.78, 5) is 27.9. The molecule has 1 fully saturated rings. The molecule has 0 saturated carbocycles. The summed E-state index contributed by atoms with van der Waals surface area (Å²) in [5, 5.41) is 11.0. The third kappa shape index (κ3) is 7.11. The number of carbonyl (C=O) groups is 2. The molecule has 1 aliphatic heterocycles. The summed E-state index contributed by atoms with van der Waals surface area (Å²) in [7, 11) is 0. The van der Waals surface area contributed by atoms with Crippen molar-refractivity contribution in [2.75, 3.05) is 19.7 Å². The molecule has 3 amide bonds. The SMILES string of the molecule is Cl.N=C(N)c1ccc(CN(NC(=O)COc2ccc3ccccc3c2)C(=O)N2CCCCCC2)cc1. The van der Waals surface area contributed by atoms with E-state index < -0.39 is 5.91 Å². The van der Waals surface area contributed by atoms with Gasteiger partial charge in [-0.05, 0) is 41.3 Å². The molecule has 0 unspecified atom stereocenters. The zero-order chi connectivity index (χ0) is 24.6. The van der Waals surface area contributed by atoms with Crippen molar-refractivity contribution < 1.29 is 14.3 Å². The number of hydrogen-bond acceptors (Lipinski definition) is 4. The molecule has 8 nitrogen and oxygen atoms in total. The minimum absolute atomic E-state index is 0. The summed E-state index contributed by atoms with van der Waals surface area (Å²) >= 11 is 0. The summed E-state index contributed by atoms with van der Waals surface area (Å²) in [5.41, 5.74) is 9.70. The highest BCUT2D eigenvalue weighted by Gasteiger charge is 2.24. The van der Waals surface area contributed by atoms with E-state index >= 15 is 0 Å². The van der Waals surface area contributed by atoms with E-state index in [-0.39, 0.29) is 37.4 Å². The Kier molecular flexibility index (Phi) is 9.53. The first kappa shape index (κ1) is 26.8. The van der Waals surface area contributed by atoms with Gasteiger partial charge in [-0.25, -0.2) is 9.80 Å². The lowest BCUT2D eigenvalue weighted by molar-refractivity contribution is -0.127. The fourth-order valence-corrected chi connectivity index (χ4v) is 4.15. The number of likely N-dealkylation sites (tertiary alicyclic amines) is 1. The fraction of sp³-hybridized carbons (Fsp3) is 0.296. The van der Waals surface area contributed by atoms with Gasteiger partial charge in [0.15, 0.2) is 6.61 Å². The van der Waals surface area contributed by atoms with E-state index in [0.717, 1.165) is 42.0 Å². The predicted molar refractivity (Wildman–Crippen MR) is 143 cm³/mol. The van der Waals surface area contributed by atoms with E-state index in [1.165, 1.54) is 5.01 Å². The van der Waals surface area contributed by atoms with Crippen LogP contribution in [0.3, 0.4) is 0 Å². The number of amidine groups is 1. The van der Waals surface area contributed by atoms with Gasteiger partial charge in [-0.1, -0.05) is 67.4 Å². The van der Waals surface area contributed by atoms with Gasteiger partial charge in [-0.3, -0.25) is 15.6 Å². The van der Waals surface area contributed by atoms with Crippen molar-refractivity contribution in [3.63, 3.8) is 0 Å². The van der Waals surface area contributed by atoms with Crippen molar-refractivity contribution in [3.05, 3.63) is 77.9 Å². The van der Waals surface area contributed by atoms with Gasteiger partial charge in [0.25, 0.3) is 5.91 Å². The second-order valence-electron chi connectivity index (χ2n) is 8.71. The van der Waals surface area contributed by atoms with E-state index in [9.17, 15) is 9.59 Å². The van der Waals surface area contributed by atoms with Gasteiger partial charge < -0.3 is 15.4 Å². The van der Waals surface area contributed by atoms with Gasteiger partial charge in [-0.2, -0.15) is 0 Å². The predicted octanol–water partition coefficient (Wildman–Crippen LogP) is 4.45. The number of benzene rings is 3. The van der Waals surface area contributed by atoms with Crippen molar-refractivity contribution in [1.82, 2.24) is 15.3 Å². The third-order valence-electron chi connectivity index (χ3n) is 6.06. The molecular formula is C27H32ClN5O3. The lowest BCUT2D eigenvalue weighted by Gasteiger charge is -2.30. The highest BCUT2D eigenvalue weighted by molar-refractivity contribution is 5.94. The summed E-state index contributed by atoms with van der Waals surface area (Å²) in [5.74, 6) is 0.152. The maximum Gasteiger partial charge on any atom is 0.339 e. The van der Waals surface area contributed by atoms with Crippen LogP contribution < -0.4 is 15.9 Å². The Bertz CT molecular complexity index is 1190. The molecule has 190 valence electrons. The number of carbonyl (C=O) groups excluding carboxylic acids is 2. The first-order valence-corrected chi connectivity index (χ1v) is 11.9.